The number of nitrogens with zero attached hydrogens (tertiary/aromatic N) is 1. The molecular weight excluding hydrogens is 314 g/mol. The monoisotopic (exact) mass is 335 g/mol. The van der Waals surface area contributed by atoms with E-state index < -0.39 is 0 Å². The van der Waals surface area contributed by atoms with E-state index in [1.165, 1.54) is 4.90 Å². The summed E-state index contributed by atoms with van der Waals surface area (Å²) in [7, 11) is 3.41. The number of fused-ring (bicyclic) bond motifs is 1. The summed E-state index contributed by atoms with van der Waals surface area (Å²) >= 11 is 0. The second kappa shape index (κ2) is 7.21. The topological polar surface area (TPSA) is 65.2 Å². The molecule has 128 valence electrons. The molecule has 0 atom stereocenters. The lowest BCUT2D eigenvalue weighted by molar-refractivity contribution is -0.116. The van der Waals surface area contributed by atoms with Gasteiger partial charge in [0.1, 0.15) is 0 Å². The van der Waals surface area contributed by atoms with Crippen molar-refractivity contribution in [3.8, 4) is 0 Å². The molecule has 0 fully saturated rings. The molecule has 0 aliphatic heterocycles. The van der Waals surface area contributed by atoms with Crippen molar-refractivity contribution in [1.29, 1.82) is 0 Å². The summed E-state index contributed by atoms with van der Waals surface area (Å²) in [5.41, 5.74) is 3.39. The van der Waals surface area contributed by atoms with Crippen LogP contribution in [0.15, 0.2) is 54.7 Å². The summed E-state index contributed by atoms with van der Waals surface area (Å²) in [4.78, 5) is 29.0. The minimum atomic E-state index is -0.0881. The molecule has 2 N–H and O–H groups in total. The van der Waals surface area contributed by atoms with Crippen LogP contribution >= 0.6 is 0 Å². The lowest BCUT2D eigenvalue weighted by Gasteiger charge is -2.11. The SMILES string of the molecule is CN(C)C(=O)c1cccc(NC(=O)CCc2c[nH]c3ccccc23)c1. The van der Waals surface area contributed by atoms with Crippen LogP contribution in [0.2, 0.25) is 0 Å². The molecule has 3 rings (SSSR count). The Bertz CT molecular complexity index is 912. The lowest BCUT2D eigenvalue weighted by atomic mass is 10.1. The Balaban J connectivity index is 1.63. The van der Waals surface area contributed by atoms with Gasteiger partial charge in [0, 0.05) is 48.9 Å². The van der Waals surface area contributed by atoms with E-state index >= 15 is 0 Å². The molecule has 0 spiro atoms. The summed E-state index contributed by atoms with van der Waals surface area (Å²) in [6, 6.07) is 15.0. The van der Waals surface area contributed by atoms with Crippen LogP contribution in [-0.2, 0) is 11.2 Å². The number of aryl methyl sites for hydroxylation is 1. The molecule has 0 unspecified atom stereocenters. The zero-order chi connectivity index (χ0) is 17.8. The molecule has 2 amide bonds. The van der Waals surface area contributed by atoms with Gasteiger partial charge in [-0.2, -0.15) is 0 Å². The number of anilines is 1. The molecule has 5 nitrogen and oxygen atoms in total. The highest BCUT2D eigenvalue weighted by molar-refractivity contribution is 5.97. The molecule has 25 heavy (non-hydrogen) atoms. The molecule has 0 aliphatic rings. The summed E-state index contributed by atoms with van der Waals surface area (Å²) in [5, 5.41) is 4.01. The molecule has 0 saturated carbocycles. The maximum atomic E-state index is 12.2. The average molecular weight is 335 g/mol. The van der Waals surface area contributed by atoms with Gasteiger partial charge in [-0.1, -0.05) is 24.3 Å². The normalized spacial score (nSPS) is 10.6. The average Bonchev–Trinajstić information content (AvgIpc) is 3.02. The van der Waals surface area contributed by atoms with E-state index in [2.05, 4.69) is 16.4 Å². The third kappa shape index (κ3) is 3.88. The predicted molar refractivity (Wildman–Crippen MR) is 99.7 cm³/mol. The largest absolute Gasteiger partial charge is 0.361 e. The van der Waals surface area contributed by atoms with Crippen molar-refractivity contribution in [1.82, 2.24) is 9.88 Å². The molecule has 2 aromatic carbocycles. The van der Waals surface area contributed by atoms with Crippen molar-refractivity contribution < 1.29 is 9.59 Å². The zero-order valence-electron chi connectivity index (χ0n) is 14.4. The highest BCUT2D eigenvalue weighted by Crippen LogP contribution is 2.19. The maximum absolute atomic E-state index is 12.2. The van der Waals surface area contributed by atoms with E-state index in [1.807, 2.05) is 24.4 Å². The van der Waals surface area contributed by atoms with Gasteiger partial charge in [0.2, 0.25) is 5.91 Å². The minimum Gasteiger partial charge on any atom is -0.361 e. The van der Waals surface area contributed by atoms with Crippen molar-refractivity contribution in [3.63, 3.8) is 0 Å². The highest BCUT2D eigenvalue weighted by Gasteiger charge is 2.10. The Labute approximate surface area is 146 Å². The quantitative estimate of drug-likeness (QED) is 0.750. The van der Waals surface area contributed by atoms with Crippen LogP contribution in [0.4, 0.5) is 5.69 Å². The van der Waals surface area contributed by atoms with Gasteiger partial charge in [-0.15, -0.1) is 0 Å². The van der Waals surface area contributed by atoms with Crippen molar-refractivity contribution in [2.45, 2.75) is 12.8 Å². The first-order chi connectivity index (χ1) is 12.0. The van der Waals surface area contributed by atoms with Crippen LogP contribution in [0.25, 0.3) is 10.9 Å². The Morgan fingerprint density at radius 2 is 1.88 bits per heavy atom. The summed E-state index contributed by atoms with van der Waals surface area (Å²) in [6.07, 6.45) is 2.99. The predicted octanol–water partition coefficient (Wildman–Crippen LogP) is 3.44. The van der Waals surface area contributed by atoms with Crippen LogP contribution in [0.5, 0.6) is 0 Å². The van der Waals surface area contributed by atoms with E-state index in [1.54, 1.807) is 38.4 Å². The Morgan fingerprint density at radius 1 is 1.08 bits per heavy atom. The second-order valence-electron chi connectivity index (χ2n) is 6.19. The van der Waals surface area contributed by atoms with Crippen molar-refractivity contribution in [2.75, 3.05) is 19.4 Å². The van der Waals surface area contributed by atoms with E-state index in [0.29, 0.717) is 24.1 Å². The third-order valence-electron chi connectivity index (χ3n) is 4.10. The highest BCUT2D eigenvalue weighted by atomic mass is 16.2. The van der Waals surface area contributed by atoms with E-state index in [-0.39, 0.29) is 11.8 Å². The number of carbonyl (C=O) groups excluding carboxylic acids is 2. The van der Waals surface area contributed by atoms with Crippen molar-refractivity contribution >= 4 is 28.4 Å². The van der Waals surface area contributed by atoms with Crippen LogP contribution in [0.3, 0.4) is 0 Å². The molecule has 0 aliphatic carbocycles. The number of nitrogens with one attached hydrogen (secondary N) is 2. The fourth-order valence-electron chi connectivity index (χ4n) is 2.80. The number of rotatable bonds is 5. The van der Waals surface area contributed by atoms with Gasteiger partial charge in [-0.05, 0) is 36.2 Å². The zero-order valence-corrected chi connectivity index (χ0v) is 14.4. The van der Waals surface area contributed by atoms with Crippen molar-refractivity contribution in [2.24, 2.45) is 0 Å². The summed E-state index contributed by atoms with van der Waals surface area (Å²) in [6.45, 7) is 0. The number of aromatic amines is 1. The first-order valence-corrected chi connectivity index (χ1v) is 8.21. The Morgan fingerprint density at radius 3 is 2.68 bits per heavy atom. The molecule has 1 aromatic heterocycles. The molecule has 0 saturated heterocycles. The van der Waals surface area contributed by atoms with E-state index in [4.69, 9.17) is 0 Å². The van der Waals surface area contributed by atoms with Gasteiger partial charge in [0.25, 0.3) is 5.91 Å². The number of amides is 2. The number of hydrogen-bond acceptors (Lipinski definition) is 2. The molecule has 0 radical (unpaired) electrons. The number of aromatic nitrogens is 1. The van der Waals surface area contributed by atoms with Gasteiger partial charge in [0.05, 0.1) is 0 Å². The summed E-state index contributed by atoms with van der Waals surface area (Å²) < 4.78 is 0. The standard InChI is InChI=1S/C20H21N3O2/c1-23(2)20(25)14-6-5-7-16(12-14)22-19(24)11-10-15-13-21-18-9-4-3-8-17(15)18/h3-9,12-13,21H,10-11H2,1-2H3,(H,22,24). The molecular formula is C20H21N3O2. The van der Waals surface area contributed by atoms with Crippen LogP contribution in [0, 0.1) is 0 Å². The summed E-state index contributed by atoms with van der Waals surface area (Å²) in [5.74, 6) is -0.158. The van der Waals surface area contributed by atoms with Gasteiger partial charge < -0.3 is 15.2 Å². The number of H-pyrrole nitrogens is 1. The maximum Gasteiger partial charge on any atom is 0.253 e. The van der Waals surface area contributed by atoms with Gasteiger partial charge in [0.15, 0.2) is 0 Å². The minimum absolute atomic E-state index is 0.0697. The third-order valence-corrected chi connectivity index (χ3v) is 4.10. The first-order valence-electron chi connectivity index (χ1n) is 8.21. The van der Waals surface area contributed by atoms with Crippen LogP contribution in [0.1, 0.15) is 22.3 Å². The fourth-order valence-corrected chi connectivity index (χ4v) is 2.80. The van der Waals surface area contributed by atoms with Gasteiger partial charge in [-0.3, -0.25) is 9.59 Å². The molecule has 3 aromatic rings. The van der Waals surface area contributed by atoms with Gasteiger partial charge in [-0.25, -0.2) is 0 Å². The molecule has 1 heterocycles. The number of hydrogen-bond donors (Lipinski definition) is 2. The number of para-hydroxylation sites is 1. The molecule has 0 bridgehead atoms. The number of benzene rings is 2. The first kappa shape index (κ1) is 16.8. The molecule has 5 heteroatoms. The van der Waals surface area contributed by atoms with E-state index in [9.17, 15) is 9.59 Å². The van der Waals surface area contributed by atoms with Crippen LogP contribution < -0.4 is 5.32 Å². The van der Waals surface area contributed by atoms with Crippen molar-refractivity contribution in [3.05, 3.63) is 65.9 Å². The number of carbonyl (C=O) groups is 2. The smallest absolute Gasteiger partial charge is 0.253 e. The second-order valence-corrected chi connectivity index (χ2v) is 6.19. The fraction of sp³-hybridized carbons (Fsp3) is 0.200. The van der Waals surface area contributed by atoms with Crippen LogP contribution in [-0.4, -0.2) is 35.8 Å². The van der Waals surface area contributed by atoms with Gasteiger partial charge >= 0.3 is 0 Å². The Hall–Kier alpha value is -3.08. The lowest BCUT2D eigenvalue weighted by Crippen LogP contribution is -2.22. The van der Waals surface area contributed by atoms with E-state index in [0.717, 1.165) is 16.5 Å². The Kier molecular flexibility index (Phi) is 4.84.